The topological polar surface area (TPSA) is 50.9 Å². The van der Waals surface area contributed by atoms with Crippen molar-refractivity contribution in [2.24, 2.45) is 17.8 Å². The van der Waals surface area contributed by atoms with E-state index in [1.807, 2.05) is 36.4 Å². The molecule has 8 rings (SSSR count). The molecule has 5 aliphatic carbocycles. The van der Waals surface area contributed by atoms with Gasteiger partial charge >= 0.3 is 0 Å². The molecule has 0 amide bonds. The van der Waals surface area contributed by atoms with Gasteiger partial charge in [-0.05, 0) is 67.4 Å². The number of benzene rings is 2. The van der Waals surface area contributed by atoms with Crippen LogP contribution in [-0.2, 0) is 11.1 Å². The molecule has 4 saturated carbocycles. The van der Waals surface area contributed by atoms with E-state index in [1.54, 1.807) is 0 Å². The Morgan fingerprint density at radius 3 is 1.86 bits per heavy atom. The smallest absolute Gasteiger partial charge is 0.161 e. The molecule has 1 N–H and O–H groups in total. The number of hydrogen-bond donors (Lipinski definition) is 1. The van der Waals surface area contributed by atoms with Crippen LogP contribution in [0.25, 0.3) is 11.1 Å². The van der Waals surface area contributed by atoms with Gasteiger partial charge in [-0.15, -0.1) is 5.10 Å². The van der Waals surface area contributed by atoms with Crippen LogP contribution in [0.15, 0.2) is 54.7 Å². The average Bonchev–Trinajstić information content (AvgIpc) is 3.32. The Balaban J connectivity index is 1.37. The van der Waals surface area contributed by atoms with Crippen LogP contribution in [0.5, 0.6) is 0 Å². The molecule has 2 aromatic carbocycles. The lowest BCUT2D eigenvalue weighted by Crippen LogP contribution is -2.52. The average molecular weight is 383 g/mol. The first-order valence-corrected chi connectivity index (χ1v) is 11.0. The quantitative estimate of drug-likeness (QED) is 0.710. The van der Waals surface area contributed by atoms with E-state index < -0.39 is 5.60 Å². The fourth-order valence-electron chi connectivity index (χ4n) is 7.49. The van der Waals surface area contributed by atoms with Crippen LogP contribution in [0.1, 0.15) is 55.3 Å². The molecule has 0 saturated heterocycles. The largest absolute Gasteiger partial charge is 0.374 e. The second-order valence-electron chi connectivity index (χ2n) is 9.99. The Labute approximate surface area is 170 Å². The molecule has 146 valence electrons. The van der Waals surface area contributed by atoms with Crippen LogP contribution in [0.2, 0.25) is 0 Å². The van der Waals surface area contributed by atoms with Gasteiger partial charge in [0.25, 0.3) is 0 Å². The molecule has 4 fully saturated rings. The summed E-state index contributed by atoms with van der Waals surface area (Å²) >= 11 is 0. The molecule has 1 heterocycles. The number of aliphatic hydroxyl groups is 1. The van der Waals surface area contributed by atoms with E-state index in [1.165, 1.54) is 38.5 Å². The number of rotatable bonds is 2. The predicted molar refractivity (Wildman–Crippen MR) is 110 cm³/mol. The van der Waals surface area contributed by atoms with Crippen molar-refractivity contribution in [3.8, 4) is 11.1 Å². The van der Waals surface area contributed by atoms with Gasteiger partial charge in [0.05, 0.1) is 11.7 Å². The summed E-state index contributed by atoms with van der Waals surface area (Å²) in [5, 5.41) is 21.3. The molecule has 4 heteroatoms. The van der Waals surface area contributed by atoms with E-state index in [-0.39, 0.29) is 5.54 Å². The molecule has 5 aliphatic rings. The Morgan fingerprint density at radius 2 is 1.31 bits per heavy atom. The van der Waals surface area contributed by atoms with Crippen molar-refractivity contribution < 1.29 is 5.11 Å². The van der Waals surface area contributed by atoms with Crippen LogP contribution in [0.4, 0.5) is 0 Å². The van der Waals surface area contributed by atoms with Crippen molar-refractivity contribution >= 4 is 0 Å². The minimum absolute atomic E-state index is 0.119. The van der Waals surface area contributed by atoms with Gasteiger partial charge in [-0.1, -0.05) is 53.7 Å². The maximum atomic E-state index is 12.0. The van der Waals surface area contributed by atoms with E-state index in [4.69, 9.17) is 0 Å². The Kier molecular flexibility index (Phi) is 3.02. The normalized spacial score (nSPS) is 32.9. The molecule has 29 heavy (non-hydrogen) atoms. The van der Waals surface area contributed by atoms with Gasteiger partial charge in [0, 0.05) is 11.1 Å². The van der Waals surface area contributed by atoms with Gasteiger partial charge in [-0.2, -0.15) is 0 Å². The first kappa shape index (κ1) is 16.3. The molecule has 0 spiro atoms. The molecule has 1 aromatic heterocycles. The summed E-state index contributed by atoms with van der Waals surface area (Å²) in [6.07, 6.45) is 9.97. The molecule has 0 radical (unpaired) electrons. The van der Waals surface area contributed by atoms with E-state index in [0.29, 0.717) is 5.69 Å². The van der Waals surface area contributed by atoms with Gasteiger partial charge in [0.15, 0.2) is 5.60 Å². The zero-order chi connectivity index (χ0) is 19.2. The van der Waals surface area contributed by atoms with Crippen molar-refractivity contribution in [3.05, 3.63) is 71.5 Å². The summed E-state index contributed by atoms with van der Waals surface area (Å²) < 4.78 is 2.15. The summed E-state index contributed by atoms with van der Waals surface area (Å²) in [7, 11) is 0. The van der Waals surface area contributed by atoms with Crippen molar-refractivity contribution in [2.45, 2.75) is 49.7 Å². The minimum atomic E-state index is -1.23. The van der Waals surface area contributed by atoms with Gasteiger partial charge < -0.3 is 5.11 Å². The summed E-state index contributed by atoms with van der Waals surface area (Å²) in [5.41, 5.74) is 3.56. The van der Waals surface area contributed by atoms with E-state index in [9.17, 15) is 5.11 Å². The van der Waals surface area contributed by atoms with E-state index in [2.05, 4.69) is 33.3 Å². The van der Waals surface area contributed by atoms with Gasteiger partial charge in [-0.25, -0.2) is 4.68 Å². The fraction of sp³-hybridized carbons (Fsp3) is 0.440. The number of aromatic nitrogens is 3. The highest BCUT2D eigenvalue weighted by atomic mass is 16.3. The van der Waals surface area contributed by atoms with Crippen LogP contribution in [0.3, 0.4) is 0 Å². The Bertz CT molecular complexity index is 1050. The van der Waals surface area contributed by atoms with Crippen molar-refractivity contribution in [3.63, 3.8) is 0 Å². The highest BCUT2D eigenvalue weighted by Gasteiger charge is 2.53. The third-order valence-electron chi connectivity index (χ3n) is 8.28. The lowest BCUT2D eigenvalue weighted by atomic mass is 9.53. The highest BCUT2D eigenvalue weighted by Crippen LogP contribution is 2.59. The predicted octanol–water partition coefficient (Wildman–Crippen LogP) is 4.47. The third kappa shape index (κ3) is 2.03. The molecule has 4 nitrogen and oxygen atoms in total. The monoisotopic (exact) mass is 383 g/mol. The SMILES string of the molecule is OC1(c2cn(C34CC5CC(CC(C5)C3)C4)nn2)c2ccccc2-c2ccccc21. The first-order valence-electron chi connectivity index (χ1n) is 11.0. The Morgan fingerprint density at radius 1 is 0.793 bits per heavy atom. The zero-order valence-corrected chi connectivity index (χ0v) is 16.5. The molecular weight excluding hydrogens is 358 g/mol. The van der Waals surface area contributed by atoms with Crippen LogP contribution in [0, 0.1) is 17.8 Å². The third-order valence-corrected chi connectivity index (χ3v) is 8.28. The minimum Gasteiger partial charge on any atom is -0.374 e. The second kappa shape index (κ2) is 5.37. The lowest BCUT2D eigenvalue weighted by molar-refractivity contribution is -0.0502. The van der Waals surface area contributed by atoms with Crippen LogP contribution in [-0.4, -0.2) is 20.1 Å². The molecule has 0 aliphatic heterocycles. The lowest BCUT2D eigenvalue weighted by Gasteiger charge is -2.56. The summed E-state index contributed by atoms with van der Waals surface area (Å²) in [4.78, 5) is 0. The number of fused-ring (bicyclic) bond motifs is 3. The Hall–Kier alpha value is -2.46. The number of nitrogens with zero attached hydrogens (tertiary/aromatic N) is 3. The number of hydrogen-bond acceptors (Lipinski definition) is 3. The van der Waals surface area contributed by atoms with Crippen LogP contribution < -0.4 is 0 Å². The maximum absolute atomic E-state index is 12.0. The fourth-order valence-corrected chi connectivity index (χ4v) is 7.49. The summed E-state index contributed by atoms with van der Waals surface area (Å²) in [6.45, 7) is 0. The molecule has 0 atom stereocenters. The maximum Gasteiger partial charge on any atom is 0.161 e. The van der Waals surface area contributed by atoms with Crippen molar-refractivity contribution in [1.82, 2.24) is 15.0 Å². The standard InChI is InChI=1S/C25H25N3O/c29-25(21-7-3-1-5-19(21)20-6-2-4-8-22(20)25)23-15-28(27-26-23)24-12-16-9-17(13-24)11-18(10-16)14-24/h1-8,15-18,29H,9-14H2. The molecular formula is C25H25N3O. The van der Waals surface area contributed by atoms with Crippen molar-refractivity contribution in [1.29, 1.82) is 0 Å². The van der Waals surface area contributed by atoms with Gasteiger partial charge in [0.2, 0.25) is 0 Å². The van der Waals surface area contributed by atoms with Crippen LogP contribution >= 0.6 is 0 Å². The van der Waals surface area contributed by atoms with Gasteiger partial charge in [-0.3, -0.25) is 0 Å². The zero-order valence-electron chi connectivity index (χ0n) is 16.5. The summed E-state index contributed by atoms with van der Waals surface area (Å²) in [5.74, 6) is 2.56. The van der Waals surface area contributed by atoms with E-state index >= 15 is 0 Å². The molecule has 3 aromatic rings. The first-order chi connectivity index (χ1) is 14.2. The molecule has 0 unspecified atom stereocenters. The summed E-state index contributed by atoms with van der Waals surface area (Å²) in [6, 6.07) is 16.3. The molecule has 4 bridgehead atoms. The van der Waals surface area contributed by atoms with Gasteiger partial charge in [0.1, 0.15) is 5.69 Å². The highest BCUT2D eigenvalue weighted by molar-refractivity contribution is 5.81. The van der Waals surface area contributed by atoms with E-state index in [0.717, 1.165) is 40.0 Å². The second-order valence-corrected chi connectivity index (χ2v) is 9.99. The van der Waals surface area contributed by atoms with Crippen molar-refractivity contribution in [2.75, 3.05) is 0 Å².